The predicted octanol–water partition coefficient (Wildman–Crippen LogP) is 2.68. The normalized spacial score (nSPS) is 21.6. The molecule has 1 aromatic rings. The maximum absolute atomic E-state index is 12.0. The highest BCUT2D eigenvalue weighted by Gasteiger charge is 2.26. The van der Waals surface area contributed by atoms with Crippen molar-refractivity contribution in [2.75, 3.05) is 6.54 Å². The molecule has 0 saturated carbocycles. The Bertz CT molecular complexity index is 345. The fourth-order valence-electron chi connectivity index (χ4n) is 1.93. The molecule has 3 heteroatoms. The fraction of sp³-hybridized carbons (Fsp3) is 0.545. The van der Waals surface area contributed by atoms with Crippen LogP contribution < -0.4 is 0 Å². The number of thiophene rings is 1. The Morgan fingerprint density at radius 1 is 1.57 bits per heavy atom. The topological polar surface area (TPSA) is 20.3 Å². The minimum atomic E-state index is 0.216. The molecule has 2 heterocycles. The van der Waals surface area contributed by atoms with E-state index in [0.717, 1.165) is 24.3 Å². The lowest BCUT2D eigenvalue weighted by Crippen LogP contribution is -2.32. The molecular weight excluding hydrogens is 194 g/mol. The number of carbonyl (C=O) groups excluding carboxylic acids is 1. The van der Waals surface area contributed by atoms with Crippen LogP contribution in [-0.4, -0.2) is 23.4 Å². The molecule has 0 N–H and O–H groups in total. The second kappa shape index (κ2) is 3.73. The quantitative estimate of drug-likeness (QED) is 0.696. The molecule has 0 aliphatic carbocycles. The first-order valence-electron chi connectivity index (χ1n) is 5.06. The van der Waals surface area contributed by atoms with Gasteiger partial charge in [0, 0.05) is 17.5 Å². The molecule has 1 amide bonds. The van der Waals surface area contributed by atoms with Gasteiger partial charge < -0.3 is 4.90 Å². The average molecular weight is 209 g/mol. The zero-order chi connectivity index (χ0) is 10.1. The van der Waals surface area contributed by atoms with E-state index < -0.39 is 0 Å². The monoisotopic (exact) mass is 209 g/mol. The number of rotatable bonds is 1. The molecule has 1 atom stereocenters. The van der Waals surface area contributed by atoms with Gasteiger partial charge in [-0.2, -0.15) is 0 Å². The second-order valence-electron chi connectivity index (χ2n) is 3.90. The van der Waals surface area contributed by atoms with Gasteiger partial charge in [-0.15, -0.1) is 11.3 Å². The van der Waals surface area contributed by atoms with E-state index >= 15 is 0 Å². The van der Waals surface area contributed by atoms with Crippen molar-refractivity contribution in [2.45, 2.75) is 32.7 Å². The SMILES string of the molecule is Cc1ccc(C(=O)N2CCCC2C)s1. The van der Waals surface area contributed by atoms with Crippen molar-refractivity contribution < 1.29 is 4.79 Å². The third-order valence-electron chi connectivity index (χ3n) is 2.76. The molecule has 1 fully saturated rings. The largest absolute Gasteiger partial charge is 0.335 e. The van der Waals surface area contributed by atoms with Gasteiger partial charge in [-0.25, -0.2) is 0 Å². The fourth-order valence-corrected chi connectivity index (χ4v) is 2.75. The number of nitrogens with zero attached hydrogens (tertiary/aromatic N) is 1. The van der Waals surface area contributed by atoms with Crippen LogP contribution in [-0.2, 0) is 0 Å². The standard InChI is InChI=1S/C11H15NOS/c1-8-4-3-7-12(8)11(13)10-6-5-9(2)14-10/h5-6,8H,3-4,7H2,1-2H3. The molecule has 14 heavy (non-hydrogen) atoms. The summed E-state index contributed by atoms with van der Waals surface area (Å²) in [6, 6.07) is 4.37. The summed E-state index contributed by atoms with van der Waals surface area (Å²) >= 11 is 1.59. The van der Waals surface area contributed by atoms with E-state index in [-0.39, 0.29) is 5.91 Å². The van der Waals surface area contributed by atoms with Crippen LogP contribution >= 0.6 is 11.3 Å². The summed E-state index contributed by atoms with van der Waals surface area (Å²) in [6.07, 6.45) is 2.30. The highest BCUT2D eigenvalue weighted by molar-refractivity contribution is 7.13. The van der Waals surface area contributed by atoms with Gasteiger partial charge in [0.1, 0.15) is 0 Å². The van der Waals surface area contributed by atoms with Gasteiger partial charge in [0.15, 0.2) is 0 Å². The van der Waals surface area contributed by atoms with Gasteiger partial charge in [-0.05, 0) is 38.8 Å². The molecule has 0 radical (unpaired) electrons. The van der Waals surface area contributed by atoms with Crippen molar-refractivity contribution in [1.82, 2.24) is 4.90 Å². The molecule has 2 rings (SSSR count). The number of likely N-dealkylation sites (tertiary alicyclic amines) is 1. The average Bonchev–Trinajstić information content (AvgIpc) is 2.73. The van der Waals surface area contributed by atoms with Gasteiger partial charge in [0.2, 0.25) is 0 Å². The zero-order valence-corrected chi connectivity index (χ0v) is 9.43. The van der Waals surface area contributed by atoms with E-state index in [2.05, 4.69) is 6.92 Å². The molecule has 0 bridgehead atoms. The zero-order valence-electron chi connectivity index (χ0n) is 8.62. The highest BCUT2D eigenvalue weighted by Crippen LogP contribution is 2.23. The van der Waals surface area contributed by atoms with Crippen molar-refractivity contribution in [3.05, 3.63) is 21.9 Å². The number of hydrogen-bond acceptors (Lipinski definition) is 2. The Balaban J connectivity index is 2.15. The van der Waals surface area contributed by atoms with Gasteiger partial charge in [-0.3, -0.25) is 4.79 Å². The molecular formula is C11H15NOS. The summed E-state index contributed by atoms with van der Waals surface area (Å²) in [6.45, 7) is 5.09. The Labute approximate surface area is 88.5 Å². The summed E-state index contributed by atoms with van der Waals surface area (Å²) in [5.74, 6) is 0.216. The minimum absolute atomic E-state index is 0.216. The Morgan fingerprint density at radius 2 is 2.36 bits per heavy atom. The van der Waals surface area contributed by atoms with Crippen molar-refractivity contribution in [1.29, 1.82) is 0 Å². The van der Waals surface area contributed by atoms with E-state index in [1.807, 2.05) is 24.0 Å². The highest BCUT2D eigenvalue weighted by atomic mass is 32.1. The van der Waals surface area contributed by atoms with Crippen molar-refractivity contribution in [3.8, 4) is 0 Å². The number of aryl methyl sites for hydroxylation is 1. The Morgan fingerprint density at radius 3 is 2.86 bits per heavy atom. The molecule has 1 aliphatic rings. The van der Waals surface area contributed by atoms with Gasteiger partial charge in [-0.1, -0.05) is 0 Å². The van der Waals surface area contributed by atoms with Crippen molar-refractivity contribution >= 4 is 17.2 Å². The smallest absolute Gasteiger partial charge is 0.264 e. The summed E-state index contributed by atoms with van der Waals surface area (Å²) in [5, 5.41) is 0. The molecule has 0 spiro atoms. The Kier molecular flexibility index (Phi) is 2.59. The number of amides is 1. The summed E-state index contributed by atoms with van der Waals surface area (Å²) in [5.41, 5.74) is 0. The molecule has 1 aromatic heterocycles. The first-order chi connectivity index (χ1) is 6.68. The second-order valence-corrected chi connectivity index (χ2v) is 5.19. The van der Waals surface area contributed by atoms with E-state index in [4.69, 9.17) is 0 Å². The van der Waals surface area contributed by atoms with E-state index in [1.165, 1.54) is 4.88 Å². The first-order valence-corrected chi connectivity index (χ1v) is 5.87. The lowest BCUT2D eigenvalue weighted by Gasteiger charge is -2.20. The van der Waals surface area contributed by atoms with Crippen LogP contribution in [0, 0.1) is 6.92 Å². The summed E-state index contributed by atoms with van der Waals surface area (Å²) in [7, 11) is 0. The van der Waals surface area contributed by atoms with E-state index in [9.17, 15) is 4.79 Å². The maximum Gasteiger partial charge on any atom is 0.264 e. The number of carbonyl (C=O) groups is 1. The van der Waals surface area contributed by atoms with Crippen LogP contribution in [0.25, 0.3) is 0 Å². The lowest BCUT2D eigenvalue weighted by atomic mass is 10.2. The van der Waals surface area contributed by atoms with Crippen molar-refractivity contribution in [3.63, 3.8) is 0 Å². The predicted molar refractivity (Wildman–Crippen MR) is 58.8 cm³/mol. The molecule has 1 saturated heterocycles. The lowest BCUT2D eigenvalue weighted by molar-refractivity contribution is 0.0752. The minimum Gasteiger partial charge on any atom is -0.335 e. The molecule has 2 nitrogen and oxygen atoms in total. The van der Waals surface area contributed by atoms with Gasteiger partial charge in [0.25, 0.3) is 5.91 Å². The van der Waals surface area contributed by atoms with Crippen LogP contribution in [0.2, 0.25) is 0 Å². The molecule has 76 valence electrons. The van der Waals surface area contributed by atoms with Gasteiger partial charge in [0.05, 0.1) is 4.88 Å². The van der Waals surface area contributed by atoms with Crippen LogP contribution in [0.5, 0.6) is 0 Å². The van der Waals surface area contributed by atoms with Crippen LogP contribution in [0.15, 0.2) is 12.1 Å². The summed E-state index contributed by atoms with van der Waals surface area (Å²) in [4.78, 5) is 16.1. The third kappa shape index (κ3) is 1.69. The summed E-state index contributed by atoms with van der Waals surface area (Å²) < 4.78 is 0. The first kappa shape index (κ1) is 9.71. The van der Waals surface area contributed by atoms with Crippen LogP contribution in [0.1, 0.15) is 34.3 Å². The van der Waals surface area contributed by atoms with Crippen molar-refractivity contribution in [2.24, 2.45) is 0 Å². The maximum atomic E-state index is 12.0. The van der Waals surface area contributed by atoms with Crippen LogP contribution in [0.3, 0.4) is 0 Å². The number of hydrogen-bond donors (Lipinski definition) is 0. The van der Waals surface area contributed by atoms with E-state index in [1.54, 1.807) is 11.3 Å². The third-order valence-corrected chi connectivity index (χ3v) is 3.75. The molecule has 1 aliphatic heterocycles. The van der Waals surface area contributed by atoms with Crippen LogP contribution in [0.4, 0.5) is 0 Å². The van der Waals surface area contributed by atoms with E-state index in [0.29, 0.717) is 6.04 Å². The van der Waals surface area contributed by atoms with Gasteiger partial charge >= 0.3 is 0 Å². The molecule has 1 unspecified atom stereocenters. The Hall–Kier alpha value is -0.830. The molecule has 0 aromatic carbocycles.